The van der Waals surface area contributed by atoms with E-state index in [1.54, 1.807) is 0 Å². The first-order chi connectivity index (χ1) is 9.58. The second kappa shape index (κ2) is 7.44. The van der Waals surface area contributed by atoms with Gasteiger partial charge in [0, 0.05) is 29.7 Å². The molecular formula is C17H27ClN2. The Balaban J connectivity index is 1.86. The normalized spacial score (nSPS) is 19.4. The summed E-state index contributed by atoms with van der Waals surface area (Å²) in [5, 5.41) is 4.53. The minimum absolute atomic E-state index is 0.383. The Kier molecular flexibility index (Phi) is 5.88. The molecule has 20 heavy (non-hydrogen) atoms. The smallest absolute Gasteiger partial charge is 0.0409 e. The van der Waals surface area contributed by atoms with E-state index in [9.17, 15) is 0 Å². The Morgan fingerprint density at radius 3 is 2.65 bits per heavy atom. The lowest BCUT2D eigenvalue weighted by Crippen LogP contribution is -2.42. The van der Waals surface area contributed by atoms with E-state index >= 15 is 0 Å². The lowest BCUT2D eigenvalue weighted by atomic mass is 10.1. The molecule has 0 heterocycles. The molecule has 0 aromatic heterocycles. The maximum Gasteiger partial charge on any atom is 0.0409 e. The number of nitrogens with zero attached hydrogens (tertiary/aromatic N) is 1. The fourth-order valence-corrected chi connectivity index (χ4v) is 3.19. The average molecular weight is 295 g/mol. The Morgan fingerprint density at radius 1 is 1.30 bits per heavy atom. The van der Waals surface area contributed by atoms with E-state index in [2.05, 4.69) is 43.2 Å². The molecular weight excluding hydrogens is 268 g/mol. The maximum atomic E-state index is 6.09. The van der Waals surface area contributed by atoms with Crippen LogP contribution in [-0.2, 0) is 0 Å². The Hall–Kier alpha value is -0.570. The second-order valence-electron chi connectivity index (χ2n) is 6.14. The molecule has 2 unspecified atom stereocenters. The van der Waals surface area contributed by atoms with Gasteiger partial charge in [0.25, 0.3) is 0 Å². The minimum atomic E-state index is 0.383. The summed E-state index contributed by atoms with van der Waals surface area (Å²) in [7, 11) is 2.20. The van der Waals surface area contributed by atoms with E-state index in [0.717, 1.165) is 17.6 Å². The Morgan fingerprint density at radius 2 is 2.00 bits per heavy atom. The van der Waals surface area contributed by atoms with E-state index in [4.69, 9.17) is 11.6 Å². The Bertz CT molecular complexity index is 415. The van der Waals surface area contributed by atoms with Gasteiger partial charge in [0.1, 0.15) is 0 Å². The van der Waals surface area contributed by atoms with Crippen molar-refractivity contribution in [2.45, 2.75) is 57.7 Å². The van der Waals surface area contributed by atoms with E-state index < -0.39 is 0 Å². The van der Waals surface area contributed by atoms with E-state index in [0.29, 0.717) is 12.1 Å². The highest BCUT2D eigenvalue weighted by Crippen LogP contribution is 2.23. The molecule has 1 N–H and O–H groups in total. The van der Waals surface area contributed by atoms with Crippen LogP contribution in [0, 0.1) is 0 Å². The van der Waals surface area contributed by atoms with Crippen LogP contribution in [-0.4, -0.2) is 30.6 Å². The highest BCUT2D eigenvalue weighted by atomic mass is 35.5. The van der Waals surface area contributed by atoms with Crippen molar-refractivity contribution >= 4 is 11.6 Å². The summed E-state index contributed by atoms with van der Waals surface area (Å²) in [5.41, 5.74) is 1.28. The highest BCUT2D eigenvalue weighted by molar-refractivity contribution is 6.30. The van der Waals surface area contributed by atoms with Gasteiger partial charge in [-0.05, 0) is 51.4 Å². The van der Waals surface area contributed by atoms with Gasteiger partial charge in [0.2, 0.25) is 0 Å². The van der Waals surface area contributed by atoms with Crippen LogP contribution in [0.1, 0.15) is 51.1 Å². The maximum absolute atomic E-state index is 6.09. The summed E-state index contributed by atoms with van der Waals surface area (Å²) in [6, 6.07) is 9.84. The number of nitrogens with one attached hydrogen (secondary N) is 1. The molecule has 2 rings (SSSR count). The molecule has 3 heteroatoms. The van der Waals surface area contributed by atoms with Crippen molar-refractivity contribution in [1.82, 2.24) is 10.2 Å². The van der Waals surface area contributed by atoms with Gasteiger partial charge in [0.15, 0.2) is 0 Å². The van der Waals surface area contributed by atoms with Crippen molar-refractivity contribution < 1.29 is 0 Å². The standard InChI is InChI=1S/C17H27ClN2/c1-13(12-19-17-9-4-5-10-17)20(3)14(2)15-7-6-8-16(18)11-15/h6-8,11,13-14,17,19H,4-5,9-10,12H2,1-3H3. The molecule has 1 aliphatic rings. The number of likely N-dealkylation sites (N-methyl/N-ethyl adjacent to an activating group) is 1. The molecule has 0 amide bonds. The molecule has 2 nitrogen and oxygen atoms in total. The van der Waals surface area contributed by atoms with Crippen LogP contribution >= 0.6 is 11.6 Å². The van der Waals surface area contributed by atoms with Gasteiger partial charge in [-0.15, -0.1) is 0 Å². The first-order valence-electron chi connectivity index (χ1n) is 7.78. The summed E-state index contributed by atoms with van der Waals surface area (Å²) >= 11 is 6.09. The van der Waals surface area contributed by atoms with Crippen LogP contribution in [0.4, 0.5) is 0 Å². The molecule has 0 saturated heterocycles. The molecule has 2 atom stereocenters. The van der Waals surface area contributed by atoms with Gasteiger partial charge < -0.3 is 5.32 Å². The van der Waals surface area contributed by atoms with Crippen LogP contribution in [0.2, 0.25) is 5.02 Å². The fourth-order valence-electron chi connectivity index (χ4n) is 2.99. The third kappa shape index (κ3) is 4.21. The first kappa shape index (κ1) is 15.8. The van der Waals surface area contributed by atoms with Crippen LogP contribution in [0.15, 0.2) is 24.3 Å². The molecule has 112 valence electrons. The number of hydrogen-bond acceptors (Lipinski definition) is 2. The number of benzene rings is 1. The fraction of sp³-hybridized carbons (Fsp3) is 0.647. The summed E-state index contributed by atoms with van der Waals surface area (Å²) in [6.45, 7) is 5.60. The quantitative estimate of drug-likeness (QED) is 0.843. The van der Waals surface area contributed by atoms with Crippen molar-refractivity contribution in [2.24, 2.45) is 0 Å². The molecule has 0 spiro atoms. The number of rotatable bonds is 6. The number of hydrogen-bond donors (Lipinski definition) is 1. The van der Waals surface area contributed by atoms with E-state index in [1.807, 2.05) is 12.1 Å². The zero-order chi connectivity index (χ0) is 14.5. The third-order valence-corrected chi connectivity index (χ3v) is 4.93. The predicted molar refractivity (Wildman–Crippen MR) is 87.4 cm³/mol. The van der Waals surface area contributed by atoms with Crippen molar-refractivity contribution in [2.75, 3.05) is 13.6 Å². The zero-order valence-corrected chi connectivity index (χ0v) is 13.7. The molecule has 1 aliphatic carbocycles. The summed E-state index contributed by atoms with van der Waals surface area (Å²) in [4.78, 5) is 2.42. The lowest BCUT2D eigenvalue weighted by Gasteiger charge is -2.32. The molecule has 0 radical (unpaired) electrons. The van der Waals surface area contributed by atoms with Gasteiger partial charge in [-0.1, -0.05) is 36.6 Å². The zero-order valence-electron chi connectivity index (χ0n) is 12.9. The number of halogens is 1. The van der Waals surface area contributed by atoms with Crippen LogP contribution in [0.25, 0.3) is 0 Å². The van der Waals surface area contributed by atoms with Gasteiger partial charge >= 0.3 is 0 Å². The molecule has 1 aromatic rings. The van der Waals surface area contributed by atoms with Gasteiger partial charge in [0.05, 0.1) is 0 Å². The molecule has 0 bridgehead atoms. The third-order valence-electron chi connectivity index (χ3n) is 4.69. The van der Waals surface area contributed by atoms with Crippen LogP contribution in [0.5, 0.6) is 0 Å². The van der Waals surface area contributed by atoms with E-state index in [1.165, 1.54) is 31.2 Å². The van der Waals surface area contributed by atoms with Crippen molar-refractivity contribution in [3.8, 4) is 0 Å². The van der Waals surface area contributed by atoms with Crippen molar-refractivity contribution in [1.29, 1.82) is 0 Å². The van der Waals surface area contributed by atoms with Gasteiger partial charge in [-0.25, -0.2) is 0 Å². The van der Waals surface area contributed by atoms with E-state index in [-0.39, 0.29) is 0 Å². The highest BCUT2D eigenvalue weighted by Gasteiger charge is 2.20. The van der Waals surface area contributed by atoms with Gasteiger partial charge in [-0.2, -0.15) is 0 Å². The average Bonchev–Trinajstić information content (AvgIpc) is 2.96. The monoisotopic (exact) mass is 294 g/mol. The van der Waals surface area contributed by atoms with Crippen LogP contribution in [0.3, 0.4) is 0 Å². The van der Waals surface area contributed by atoms with Crippen molar-refractivity contribution in [3.05, 3.63) is 34.9 Å². The Labute approximate surface area is 128 Å². The first-order valence-corrected chi connectivity index (χ1v) is 8.16. The second-order valence-corrected chi connectivity index (χ2v) is 6.57. The lowest BCUT2D eigenvalue weighted by molar-refractivity contribution is 0.189. The molecule has 1 fully saturated rings. The van der Waals surface area contributed by atoms with Crippen molar-refractivity contribution in [3.63, 3.8) is 0 Å². The SMILES string of the molecule is CC(CNC1CCCC1)N(C)C(C)c1cccc(Cl)c1. The topological polar surface area (TPSA) is 15.3 Å². The predicted octanol–water partition coefficient (Wildman–Crippen LogP) is 4.25. The summed E-state index contributed by atoms with van der Waals surface area (Å²) < 4.78 is 0. The molecule has 0 aliphatic heterocycles. The minimum Gasteiger partial charge on any atom is -0.312 e. The molecule has 1 saturated carbocycles. The van der Waals surface area contributed by atoms with Gasteiger partial charge in [-0.3, -0.25) is 4.90 Å². The van der Waals surface area contributed by atoms with Crippen LogP contribution < -0.4 is 5.32 Å². The largest absolute Gasteiger partial charge is 0.312 e. The molecule has 1 aromatic carbocycles. The summed E-state index contributed by atoms with van der Waals surface area (Å²) in [6.07, 6.45) is 5.47. The summed E-state index contributed by atoms with van der Waals surface area (Å²) in [5.74, 6) is 0.